The first-order valence-electron chi connectivity index (χ1n) is 10.3. The lowest BCUT2D eigenvalue weighted by atomic mass is 10.1. The fourth-order valence-electron chi connectivity index (χ4n) is 3.32. The fourth-order valence-corrected chi connectivity index (χ4v) is 4.20. The van der Waals surface area contributed by atoms with E-state index in [2.05, 4.69) is 15.5 Å². The van der Waals surface area contributed by atoms with Crippen molar-refractivity contribution >= 4 is 35.0 Å². The van der Waals surface area contributed by atoms with Gasteiger partial charge in [0.1, 0.15) is 5.75 Å². The fraction of sp³-hybridized carbons (Fsp3) is 0.160. The molecule has 33 heavy (non-hydrogen) atoms. The first kappa shape index (κ1) is 22.9. The Morgan fingerprint density at radius 1 is 1.06 bits per heavy atom. The van der Waals surface area contributed by atoms with Crippen molar-refractivity contribution in [2.24, 2.45) is 0 Å². The number of benzene rings is 3. The van der Waals surface area contributed by atoms with E-state index in [0.29, 0.717) is 16.0 Å². The second-order valence-corrected chi connectivity index (χ2v) is 8.88. The Bertz CT molecular complexity index is 1290. The minimum Gasteiger partial charge on any atom is -0.497 e. The van der Waals surface area contributed by atoms with Crippen molar-refractivity contribution in [2.45, 2.75) is 19.0 Å². The lowest BCUT2D eigenvalue weighted by molar-refractivity contribution is -0.113. The van der Waals surface area contributed by atoms with Crippen LogP contribution in [0.4, 0.5) is 5.69 Å². The minimum absolute atomic E-state index is 0.109. The van der Waals surface area contributed by atoms with Gasteiger partial charge in [-0.2, -0.15) is 0 Å². The van der Waals surface area contributed by atoms with Crippen LogP contribution < -0.4 is 10.1 Å². The van der Waals surface area contributed by atoms with Crippen molar-refractivity contribution < 1.29 is 9.53 Å². The Hall–Kier alpha value is -3.29. The second-order valence-electron chi connectivity index (χ2n) is 7.51. The number of nitrogens with one attached hydrogen (secondary N) is 1. The highest BCUT2D eigenvalue weighted by atomic mass is 35.5. The zero-order valence-corrected chi connectivity index (χ0v) is 20.1. The number of amides is 1. The summed E-state index contributed by atoms with van der Waals surface area (Å²) in [6.45, 7) is 3.97. The van der Waals surface area contributed by atoms with Crippen LogP contribution in [0, 0.1) is 13.8 Å². The molecule has 0 bridgehead atoms. The van der Waals surface area contributed by atoms with E-state index < -0.39 is 0 Å². The van der Waals surface area contributed by atoms with Crippen LogP contribution in [0.25, 0.3) is 17.1 Å². The van der Waals surface area contributed by atoms with Crippen LogP contribution >= 0.6 is 23.4 Å². The van der Waals surface area contributed by atoms with E-state index in [0.717, 1.165) is 33.8 Å². The number of aromatic nitrogens is 3. The number of rotatable bonds is 7. The summed E-state index contributed by atoms with van der Waals surface area (Å²) in [5.41, 5.74) is 4.62. The summed E-state index contributed by atoms with van der Waals surface area (Å²) >= 11 is 7.42. The molecular formula is C25H23ClN4O2S. The largest absolute Gasteiger partial charge is 0.497 e. The van der Waals surface area contributed by atoms with Gasteiger partial charge in [0.05, 0.1) is 12.9 Å². The Balaban J connectivity index is 1.62. The summed E-state index contributed by atoms with van der Waals surface area (Å²) in [6, 6.07) is 21.0. The predicted octanol–water partition coefficient (Wildman–Crippen LogP) is 5.94. The van der Waals surface area contributed by atoms with Crippen LogP contribution in [0.2, 0.25) is 5.02 Å². The van der Waals surface area contributed by atoms with Crippen molar-refractivity contribution in [1.82, 2.24) is 14.8 Å². The van der Waals surface area contributed by atoms with E-state index in [-0.39, 0.29) is 11.7 Å². The van der Waals surface area contributed by atoms with E-state index >= 15 is 0 Å². The maximum atomic E-state index is 12.7. The van der Waals surface area contributed by atoms with Crippen LogP contribution in [-0.4, -0.2) is 33.5 Å². The smallest absolute Gasteiger partial charge is 0.234 e. The molecule has 0 spiro atoms. The van der Waals surface area contributed by atoms with Crippen molar-refractivity contribution in [3.63, 3.8) is 0 Å². The van der Waals surface area contributed by atoms with Crippen LogP contribution in [-0.2, 0) is 4.79 Å². The van der Waals surface area contributed by atoms with Gasteiger partial charge in [0.2, 0.25) is 5.91 Å². The van der Waals surface area contributed by atoms with E-state index in [4.69, 9.17) is 16.3 Å². The number of carbonyl (C=O) groups is 1. The van der Waals surface area contributed by atoms with Gasteiger partial charge in [-0.25, -0.2) is 0 Å². The lowest BCUT2D eigenvalue weighted by Crippen LogP contribution is -2.15. The average Bonchev–Trinajstić information content (AvgIpc) is 3.24. The molecule has 0 atom stereocenters. The average molecular weight is 479 g/mol. The normalized spacial score (nSPS) is 10.8. The lowest BCUT2D eigenvalue weighted by Gasteiger charge is -2.12. The molecule has 8 heteroatoms. The number of methoxy groups -OCH3 is 1. The first-order valence-corrected chi connectivity index (χ1v) is 11.7. The van der Waals surface area contributed by atoms with Gasteiger partial charge < -0.3 is 10.1 Å². The molecule has 1 N–H and O–H groups in total. The van der Waals surface area contributed by atoms with E-state index in [1.807, 2.05) is 85.1 Å². The Morgan fingerprint density at radius 3 is 2.61 bits per heavy atom. The quantitative estimate of drug-likeness (QED) is 0.333. The first-order chi connectivity index (χ1) is 15.9. The monoisotopic (exact) mass is 478 g/mol. The summed E-state index contributed by atoms with van der Waals surface area (Å²) in [6.07, 6.45) is 0. The molecule has 1 heterocycles. The molecule has 0 saturated carbocycles. The molecule has 4 rings (SSSR count). The van der Waals surface area contributed by atoms with Gasteiger partial charge in [0, 0.05) is 22.0 Å². The van der Waals surface area contributed by atoms with Gasteiger partial charge in [-0.3, -0.25) is 9.36 Å². The van der Waals surface area contributed by atoms with Crippen LogP contribution in [0.15, 0.2) is 71.9 Å². The Morgan fingerprint density at radius 2 is 1.85 bits per heavy atom. The number of halogens is 1. The van der Waals surface area contributed by atoms with E-state index in [1.165, 1.54) is 11.8 Å². The number of hydrogen-bond acceptors (Lipinski definition) is 5. The molecule has 0 aliphatic heterocycles. The van der Waals surface area contributed by atoms with Gasteiger partial charge in [0.15, 0.2) is 11.0 Å². The third-order valence-electron chi connectivity index (χ3n) is 5.05. The highest BCUT2D eigenvalue weighted by molar-refractivity contribution is 7.99. The van der Waals surface area contributed by atoms with Crippen molar-refractivity contribution in [3.8, 4) is 22.8 Å². The molecule has 0 fully saturated rings. The predicted molar refractivity (Wildman–Crippen MR) is 134 cm³/mol. The van der Waals surface area contributed by atoms with E-state index in [9.17, 15) is 4.79 Å². The second kappa shape index (κ2) is 10.1. The zero-order valence-electron chi connectivity index (χ0n) is 18.5. The highest BCUT2D eigenvalue weighted by Crippen LogP contribution is 2.30. The van der Waals surface area contributed by atoms with Gasteiger partial charge in [-0.1, -0.05) is 47.6 Å². The number of anilines is 1. The van der Waals surface area contributed by atoms with Crippen LogP contribution in [0.3, 0.4) is 0 Å². The number of ether oxygens (including phenoxy) is 1. The molecule has 1 aromatic heterocycles. The summed E-state index contributed by atoms with van der Waals surface area (Å²) in [4.78, 5) is 12.7. The Labute approximate surface area is 202 Å². The van der Waals surface area contributed by atoms with Crippen molar-refractivity contribution in [3.05, 3.63) is 82.9 Å². The number of carbonyl (C=O) groups excluding carboxylic acids is 1. The molecule has 3 aromatic carbocycles. The third kappa shape index (κ3) is 5.38. The zero-order chi connectivity index (χ0) is 23.4. The topological polar surface area (TPSA) is 69.0 Å². The molecule has 4 aromatic rings. The molecular weight excluding hydrogens is 456 g/mol. The molecule has 0 unspecified atom stereocenters. The SMILES string of the molecule is COc1cccc(-c2nnc(SCC(=O)Nc3cc(C)ccc3C)n2-c2ccc(Cl)cc2)c1. The van der Waals surface area contributed by atoms with Gasteiger partial charge in [-0.15, -0.1) is 10.2 Å². The molecule has 0 radical (unpaired) electrons. The molecule has 6 nitrogen and oxygen atoms in total. The third-order valence-corrected chi connectivity index (χ3v) is 6.23. The maximum Gasteiger partial charge on any atom is 0.234 e. The van der Waals surface area contributed by atoms with Crippen LogP contribution in [0.1, 0.15) is 11.1 Å². The number of nitrogens with zero attached hydrogens (tertiary/aromatic N) is 3. The highest BCUT2D eigenvalue weighted by Gasteiger charge is 2.18. The molecule has 0 aliphatic carbocycles. The molecule has 0 aliphatic rings. The van der Waals surface area contributed by atoms with Gasteiger partial charge >= 0.3 is 0 Å². The number of aryl methyl sites for hydroxylation is 2. The molecule has 168 valence electrons. The van der Waals surface area contributed by atoms with Crippen molar-refractivity contribution in [2.75, 3.05) is 18.2 Å². The summed E-state index contributed by atoms with van der Waals surface area (Å²) in [5, 5.41) is 13.0. The number of thioether (sulfide) groups is 1. The minimum atomic E-state index is -0.109. The summed E-state index contributed by atoms with van der Waals surface area (Å²) < 4.78 is 7.28. The molecule has 1 amide bonds. The summed E-state index contributed by atoms with van der Waals surface area (Å²) in [7, 11) is 1.62. The van der Waals surface area contributed by atoms with Crippen molar-refractivity contribution in [1.29, 1.82) is 0 Å². The number of hydrogen-bond donors (Lipinski definition) is 1. The molecule has 0 saturated heterocycles. The van der Waals surface area contributed by atoms with Crippen LogP contribution in [0.5, 0.6) is 5.75 Å². The van der Waals surface area contributed by atoms with E-state index in [1.54, 1.807) is 7.11 Å². The summed E-state index contributed by atoms with van der Waals surface area (Å²) in [5.74, 6) is 1.45. The Kier molecular flexibility index (Phi) is 7.01. The maximum absolute atomic E-state index is 12.7. The van der Waals surface area contributed by atoms with Gasteiger partial charge in [-0.05, 0) is 67.4 Å². The van der Waals surface area contributed by atoms with Gasteiger partial charge in [0.25, 0.3) is 0 Å². The standard InChI is InChI=1S/C25H23ClN4O2S/c1-16-7-8-17(2)22(13-16)27-23(31)15-33-25-29-28-24(18-5-4-6-21(14-18)32-3)30(25)20-11-9-19(26)10-12-20/h4-14H,15H2,1-3H3,(H,27,31).